The third-order valence-corrected chi connectivity index (χ3v) is 10.6. The van der Waals surface area contributed by atoms with Gasteiger partial charge in [0.25, 0.3) is 0 Å². The van der Waals surface area contributed by atoms with E-state index in [1.807, 2.05) is 0 Å². The Bertz CT molecular complexity index is 780. The lowest BCUT2D eigenvalue weighted by Crippen LogP contribution is -2.42. The van der Waals surface area contributed by atoms with Crippen LogP contribution >= 0.6 is 7.26 Å². The van der Waals surface area contributed by atoms with Crippen LogP contribution < -0.4 is 15.9 Å². The molecular formula is C27H32O2P+. The van der Waals surface area contributed by atoms with E-state index in [2.05, 4.69) is 97.9 Å². The summed E-state index contributed by atoms with van der Waals surface area (Å²) in [7, 11) is -2.01. The van der Waals surface area contributed by atoms with Crippen LogP contribution in [0.1, 0.15) is 32.6 Å². The Kier molecular flexibility index (Phi) is 7.33. The van der Waals surface area contributed by atoms with Gasteiger partial charge in [0, 0.05) is 19.6 Å². The molecule has 4 rings (SSSR count). The van der Waals surface area contributed by atoms with Crippen LogP contribution in [0.15, 0.2) is 91.0 Å². The summed E-state index contributed by atoms with van der Waals surface area (Å²) >= 11 is 0. The van der Waals surface area contributed by atoms with Crippen molar-refractivity contribution in [3.05, 3.63) is 91.0 Å². The zero-order valence-corrected chi connectivity index (χ0v) is 18.7. The third kappa shape index (κ3) is 4.37. The van der Waals surface area contributed by atoms with Crippen molar-refractivity contribution >= 4 is 23.2 Å². The van der Waals surface area contributed by atoms with E-state index in [1.165, 1.54) is 15.9 Å². The zero-order chi connectivity index (χ0) is 20.7. The van der Waals surface area contributed by atoms with E-state index in [-0.39, 0.29) is 11.9 Å². The second-order valence-corrected chi connectivity index (χ2v) is 11.5. The van der Waals surface area contributed by atoms with Crippen LogP contribution in [-0.2, 0) is 9.47 Å². The molecule has 30 heavy (non-hydrogen) atoms. The molecule has 1 unspecified atom stereocenters. The lowest BCUT2D eigenvalue weighted by Gasteiger charge is -2.37. The molecular weight excluding hydrogens is 387 g/mol. The molecule has 3 aromatic rings. The fourth-order valence-corrected chi connectivity index (χ4v) is 9.39. The molecule has 156 valence electrons. The molecule has 0 spiro atoms. The standard InChI is InChI=1S/C27H32O2P/c1-2-12-27(29-23-19-21-28-22-20-23)30(24-13-6-3-7-14-24,25-15-8-4-9-16-25)26-17-10-5-11-18-26/h3-11,13-18,23,27H,2,12,19-22H2,1H3/q+1. The Morgan fingerprint density at radius 3 is 1.60 bits per heavy atom. The molecule has 1 saturated heterocycles. The second kappa shape index (κ2) is 10.4. The molecule has 0 radical (unpaired) electrons. The van der Waals surface area contributed by atoms with Crippen molar-refractivity contribution in [3.8, 4) is 0 Å². The SMILES string of the molecule is CCCC(OC1CCOCC1)[P+](c1ccccc1)(c1ccccc1)c1ccccc1. The van der Waals surface area contributed by atoms with Crippen molar-refractivity contribution < 1.29 is 9.47 Å². The van der Waals surface area contributed by atoms with Gasteiger partial charge in [0.15, 0.2) is 5.85 Å². The maximum Gasteiger partial charge on any atom is 0.181 e. The normalized spacial score (nSPS) is 16.3. The highest BCUT2D eigenvalue weighted by Gasteiger charge is 2.53. The summed E-state index contributed by atoms with van der Waals surface area (Å²) < 4.78 is 12.6. The molecule has 0 saturated carbocycles. The fourth-order valence-electron chi connectivity index (χ4n) is 4.57. The Balaban J connectivity index is 1.92. The second-order valence-electron chi connectivity index (χ2n) is 7.92. The number of hydrogen-bond acceptors (Lipinski definition) is 2. The van der Waals surface area contributed by atoms with Crippen molar-refractivity contribution in [2.24, 2.45) is 0 Å². The van der Waals surface area contributed by atoms with E-state index in [0.717, 1.165) is 38.9 Å². The Morgan fingerprint density at radius 1 is 0.767 bits per heavy atom. The molecule has 3 heteroatoms. The molecule has 0 amide bonds. The van der Waals surface area contributed by atoms with E-state index in [0.29, 0.717) is 0 Å². The first-order valence-electron chi connectivity index (χ1n) is 11.1. The van der Waals surface area contributed by atoms with Gasteiger partial charge < -0.3 is 9.47 Å². The molecule has 1 aliphatic rings. The van der Waals surface area contributed by atoms with Crippen molar-refractivity contribution in [2.45, 2.75) is 44.6 Å². The van der Waals surface area contributed by atoms with Crippen LogP contribution in [0.3, 0.4) is 0 Å². The van der Waals surface area contributed by atoms with Gasteiger partial charge >= 0.3 is 0 Å². The molecule has 0 aliphatic carbocycles. The lowest BCUT2D eigenvalue weighted by atomic mass is 10.1. The minimum absolute atomic E-state index is 0.151. The largest absolute Gasteiger partial charge is 0.381 e. The van der Waals surface area contributed by atoms with Crippen LogP contribution in [0, 0.1) is 0 Å². The van der Waals surface area contributed by atoms with Gasteiger partial charge in [-0.1, -0.05) is 61.5 Å². The monoisotopic (exact) mass is 419 g/mol. The molecule has 3 aromatic carbocycles. The number of rotatable bonds is 8. The molecule has 1 heterocycles. The summed E-state index contributed by atoms with van der Waals surface area (Å²) in [5, 5.41) is 4.19. The first-order chi connectivity index (χ1) is 14.9. The van der Waals surface area contributed by atoms with Gasteiger partial charge in [-0.15, -0.1) is 0 Å². The summed E-state index contributed by atoms with van der Waals surface area (Å²) in [4.78, 5) is 0. The van der Waals surface area contributed by atoms with Crippen molar-refractivity contribution in [1.29, 1.82) is 0 Å². The lowest BCUT2D eigenvalue weighted by molar-refractivity contribution is -0.0447. The van der Waals surface area contributed by atoms with Crippen LogP contribution in [0.5, 0.6) is 0 Å². The van der Waals surface area contributed by atoms with Crippen LogP contribution in [0.25, 0.3) is 0 Å². The van der Waals surface area contributed by atoms with Crippen LogP contribution in [0.4, 0.5) is 0 Å². The molecule has 0 aromatic heterocycles. The van der Waals surface area contributed by atoms with Crippen molar-refractivity contribution in [2.75, 3.05) is 13.2 Å². The molecule has 1 atom stereocenters. The quantitative estimate of drug-likeness (QED) is 0.461. The van der Waals surface area contributed by atoms with Crippen LogP contribution in [-0.4, -0.2) is 25.2 Å². The van der Waals surface area contributed by atoms with E-state index in [9.17, 15) is 0 Å². The topological polar surface area (TPSA) is 18.5 Å². The number of hydrogen-bond donors (Lipinski definition) is 0. The fraction of sp³-hybridized carbons (Fsp3) is 0.333. The molecule has 0 bridgehead atoms. The summed E-state index contributed by atoms with van der Waals surface area (Å²) in [5.41, 5.74) is 0. The number of benzene rings is 3. The highest BCUT2D eigenvalue weighted by molar-refractivity contribution is 7.96. The highest BCUT2D eigenvalue weighted by atomic mass is 31.2. The Morgan fingerprint density at radius 2 is 1.20 bits per heavy atom. The average molecular weight is 420 g/mol. The van der Waals surface area contributed by atoms with E-state index >= 15 is 0 Å². The van der Waals surface area contributed by atoms with Gasteiger partial charge in [-0.2, -0.15) is 0 Å². The van der Waals surface area contributed by atoms with Gasteiger partial charge in [0.1, 0.15) is 23.2 Å². The summed E-state index contributed by atoms with van der Waals surface area (Å²) in [5.74, 6) is 0.151. The summed E-state index contributed by atoms with van der Waals surface area (Å²) in [6, 6.07) is 33.2. The Labute approximate surface area is 181 Å². The minimum Gasteiger partial charge on any atom is -0.381 e. The third-order valence-electron chi connectivity index (χ3n) is 5.98. The first-order valence-corrected chi connectivity index (χ1v) is 13.0. The maximum atomic E-state index is 7.03. The van der Waals surface area contributed by atoms with E-state index in [4.69, 9.17) is 9.47 Å². The maximum absolute atomic E-state index is 7.03. The first kappa shape index (κ1) is 21.2. The highest BCUT2D eigenvalue weighted by Crippen LogP contribution is 2.61. The van der Waals surface area contributed by atoms with Gasteiger partial charge in [-0.3, -0.25) is 0 Å². The number of ether oxygens (including phenoxy) is 2. The van der Waals surface area contributed by atoms with Crippen molar-refractivity contribution in [3.63, 3.8) is 0 Å². The smallest absolute Gasteiger partial charge is 0.181 e. The van der Waals surface area contributed by atoms with Crippen molar-refractivity contribution in [1.82, 2.24) is 0 Å². The molecule has 1 fully saturated rings. The van der Waals surface area contributed by atoms with E-state index in [1.54, 1.807) is 0 Å². The van der Waals surface area contributed by atoms with Gasteiger partial charge in [-0.05, 0) is 55.7 Å². The van der Waals surface area contributed by atoms with Gasteiger partial charge in [0.2, 0.25) is 0 Å². The molecule has 2 nitrogen and oxygen atoms in total. The summed E-state index contributed by atoms with van der Waals surface area (Å²) in [6.45, 7) is 3.88. The predicted molar refractivity (Wildman–Crippen MR) is 129 cm³/mol. The Hall–Kier alpha value is -1.99. The van der Waals surface area contributed by atoms with Crippen LogP contribution in [0.2, 0.25) is 0 Å². The summed E-state index contributed by atoms with van der Waals surface area (Å²) in [6.07, 6.45) is 4.38. The zero-order valence-electron chi connectivity index (χ0n) is 17.8. The van der Waals surface area contributed by atoms with E-state index < -0.39 is 7.26 Å². The van der Waals surface area contributed by atoms with Gasteiger partial charge in [0.05, 0.1) is 6.10 Å². The average Bonchev–Trinajstić information content (AvgIpc) is 2.83. The molecule has 0 N–H and O–H groups in total. The minimum atomic E-state index is -2.01. The molecule has 1 aliphatic heterocycles. The predicted octanol–water partition coefficient (Wildman–Crippen LogP) is 5.30. The van der Waals surface area contributed by atoms with Gasteiger partial charge in [-0.25, -0.2) is 0 Å².